The van der Waals surface area contributed by atoms with E-state index in [0.717, 1.165) is 16.7 Å². The molecular formula is C11H8N2O. The zero-order chi connectivity index (χ0) is 9.97. The molecule has 1 heterocycles. The van der Waals surface area contributed by atoms with Crippen LogP contribution in [0.2, 0.25) is 0 Å². The molecule has 0 amide bonds. The summed E-state index contributed by atoms with van der Waals surface area (Å²) in [6.07, 6.45) is 1.68. The van der Waals surface area contributed by atoms with Gasteiger partial charge in [-0.1, -0.05) is 12.1 Å². The zero-order valence-corrected chi connectivity index (χ0v) is 7.69. The first kappa shape index (κ1) is 8.52. The number of benzene rings is 1. The number of methoxy groups -OCH3 is 1. The fourth-order valence-electron chi connectivity index (χ4n) is 1.36. The molecule has 2 aromatic rings. The highest BCUT2D eigenvalue weighted by atomic mass is 16.5. The summed E-state index contributed by atoms with van der Waals surface area (Å²) in [5.74, 6) is 0.784. The molecule has 0 saturated carbocycles. The van der Waals surface area contributed by atoms with Crippen LogP contribution in [0.15, 0.2) is 30.5 Å². The predicted molar refractivity (Wildman–Crippen MR) is 54.6 cm³/mol. The van der Waals surface area contributed by atoms with Crippen LogP contribution in [0.4, 0.5) is 5.69 Å². The Balaban J connectivity index is 2.75. The summed E-state index contributed by atoms with van der Waals surface area (Å²) < 4.78 is 5.18. The predicted octanol–water partition coefficient (Wildman–Crippen LogP) is 2.79. The second-order valence-electron chi connectivity index (χ2n) is 2.83. The van der Waals surface area contributed by atoms with Crippen molar-refractivity contribution in [2.75, 3.05) is 7.11 Å². The number of ether oxygens (including phenoxy) is 1. The van der Waals surface area contributed by atoms with Crippen molar-refractivity contribution in [2.24, 2.45) is 0 Å². The van der Waals surface area contributed by atoms with E-state index in [9.17, 15) is 0 Å². The summed E-state index contributed by atoms with van der Waals surface area (Å²) in [5.41, 5.74) is 1.39. The summed E-state index contributed by atoms with van der Waals surface area (Å²) in [4.78, 5) is 7.52. The summed E-state index contributed by atoms with van der Waals surface area (Å²) >= 11 is 0. The lowest BCUT2D eigenvalue weighted by Gasteiger charge is -2.03. The van der Waals surface area contributed by atoms with Gasteiger partial charge < -0.3 is 4.74 Å². The van der Waals surface area contributed by atoms with Crippen molar-refractivity contribution in [3.63, 3.8) is 0 Å². The van der Waals surface area contributed by atoms with Gasteiger partial charge in [0, 0.05) is 11.6 Å². The third kappa shape index (κ3) is 1.27. The van der Waals surface area contributed by atoms with Crippen LogP contribution >= 0.6 is 0 Å². The van der Waals surface area contributed by atoms with Gasteiger partial charge in [0.15, 0.2) is 5.69 Å². The van der Waals surface area contributed by atoms with Crippen LogP contribution in [0.25, 0.3) is 15.7 Å². The fourth-order valence-corrected chi connectivity index (χ4v) is 1.36. The molecule has 0 saturated heterocycles. The lowest BCUT2D eigenvalue weighted by Crippen LogP contribution is -1.85. The van der Waals surface area contributed by atoms with Crippen LogP contribution < -0.4 is 4.74 Å². The molecule has 0 aliphatic carbocycles. The van der Waals surface area contributed by atoms with Crippen LogP contribution in [-0.2, 0) is 0 Å². The standard InChI is InChI=1S/C11H8N2O/c1-12-8-3-4-9-10(7-8)13-6-5-11(9)14-2/h3-7H,2H3. The average molecular weight is 184 g/mol. The molecule has 3 nitrogen and oxygen atoms in total. The van der Waals surface area contributed by atoms with Crippen molar-refractivity contribution in [2.45, 2.75) is 0 Å². The molecule has 0 radical (unpaired) electrons. The van der Waals surface area contributed by atoms with Gasteiger partial charge in [-0.15, -0.1) is 0 Å². The highest BCUT2D eigenvalue weighted by molar-refractivity contribution is 5.87. The van der Waals surface area contributed by atoms with Crippen molar-refractivity contribution in [3.05, 3.63) is 41.9 Å². The van der Waals surface area contributed by atoms with E-state index in [2.05, 4.69) is 9.83 Å². The number of nitrogens with zero attached hydrogens (tertiary/aromatic N) is 2. The van der Waals surface area contributed by atoms with Crippen LogP contribution in [0.5, 0.6) is 5.75 Å². The van der Waals surface area contributed by atoms with E-state index in [0.29, 0.717) is 5.69 Å². The lowest BCUT2D eigenvalue weighted by molar-refractivity contribution is 0.419. The molecule has 0 atom stereocenters. The molecule has 0 fully saturated rings. The van der Waals surface area contributed by atoms with E-state index in [4.69, 9.17) is 11.3 Å². The summed E-state index contributed by atoms with van der Waals surface area (Å²) in [6, 6.07) is 7.18. The second-order valence-corrected chi connectivity index (χ2v) is 2.83. The Bertz CT molecular complexity index is 514. The van der Waals surface area contributed by atoms with Crippen molar-refractivity contribution in [3.8, 4) is 5.75 Å². The summed E-state index contributed by atoms with van der Waals surface area (Å²) in [5, 5.41) is 0.933. The number of hydrogen-bond donors (Lipinski definition) is 0. The largest absolute Gasteiger partial charge is 0.496 e. The van der Waals surface area contributed by atoms with Gasteiger partial charge in [-0.05, 0) is 12.1 Å². The van der Waals surface area contributed by atoms with Gasteiger partial charge in [-0.2, -0.15) is 0 Å². The molecule has 0 aliphatic rings. The Morgan fingerprint density at radius 3 is 2.93 bits per heavy atom. The summed E-state index contributed by atoms with van der Waals surface area (Å²) in [6.45, 7) is 6.88. The molecule has 3 heteroatoms. The Morgan fingerprint density at radius 2 is 2.21 bits per heavy atom. The highest BCUT2D eigenvalue weighted by Gasteiger charge is 2.01. The topological polar surface area (TPSA) is 26.5 Å². The van der Waals surface area contributed by atoms with Gasteiger partial charge in [0.1, 0.15) is 5.75 Å². The molecule has 68 valence electrons. The van der Waals surface area contributed by atoms with Crippen LogP contribution in [-0.4, -0.2) is 12.1 Å². The first-order valence-electron chi connectivity index (χ1n) is 4.15. The van der Waals surface area contributed by atoms with Crippen molar-refractivity contribution < 1.29 is 4.74 Å². The minimum atomic E-state index is 0.596. The van der Waals surface area contributed by atoms with E-state index >= 15 is 0 Å². The number of rotatable bonds is 1. The summed E-state index contributed by atoms with van der Waals surface area (Å²) in [7, 11) is 1.62. The molecule has 0 spiro atoms. The third-order valence-electron chi connectivity index (χ3n) is 2.04. The first-order valence-corrected chi connectivity index (χ1v) is 4.15. The van der Waals surface area contributed by atoms with Gasteiger partial charge in [0.2, 0.25) is 0 Å². The van der Waals surface area contributed by atoms with Gasteiger partial charge in [0.05, 0.1) is 19.2 Å². The van der Waals surface area contributed by atoms with Gasteiger partial charge in [-0.3, -0.25) is 4.98 Å². The molecule has 0 unspecified atom stereocenters. The van der Waals surface area contributed by atoms with E-state index in [-0.39, 0.29) is 0 Å². The van der Waals surface area contributed by atoms with Crippen molar-refractivity contribution in [1.82, 2.24) is 4.98 Å². The number of fused-ring (bicyclic) bond motifs is 1. The number of pyridine rings is 1. The quantitative estimate of drug-likeness (QED) is 0.637. The Labute approximate surface area is 81.8 Å². The van der Waals surface area contributed by atoms with Crippen LogP contribution in [0, 0.1) is 6.57 Å². The minimum Gasteiger partial charge on any atom is -0.496 e. The van der Waals surface area contributed by atoms with E-state index < -0.39 is 0 Å². The lowest BCUT2D eigenvalue weighted by atomic mass is 10.2. The molecule has 14 heavy (non-hydrogen) atoms. The molecule has 2 rings (SSSR count). The maximum absolute atomic E-state index is 6.88. The zero-order valence-electron chi connectivity index (χ0n) is 7.69. The van der Waals surface area contributed by atoms with Gasteiger partial charge in [0.25, 0.3) is 0 Å². The molecule has 0 aliphatic heterocycles. The SMILES string of the molecule is [C-]#[N+]c1ccc2c(OC)ccnc2c1. The Morgan fingerprint density at radius 1 is 1.36 bits per heavy atom. The van der Waals surface area contributed by atoms with Crippen LogP contribution in [0.1, 0.15) is 0 Å². The van der Waals surface area contributed by atoms with Crippen LogP contribution in [0.3, 0.4) is 0 Å². The first-order chi connectivity index (χ1) is 6.85. The average Bonchev–Trinajstić information content (AvgIpc) is 2.27. The molecule has 1 aromatic heterocycles. The molecular weight excluding hydrogens is 176 g/mol. The number of hydrogen-bond acceptors (Lipinski definition) is 2. The van der Waals surface area contributed by atoms with Gasteiger partial charge >= 0.3 is 0 Å². The van der Waals surface area contributed by atoms with Crippen molar-refractivity contribution in [1.29, 1.82) is 0 Å². The van der Waals surface area contributed by atoms with E-state index in [1.807, 2.05) is 6.07 Å². The normalized spacial score (nSPS) is 9.71. The van der Waals surface area contributed by atoms with Gasteiger partial charge in [-0.25, -0.2) is 4.85 Å². The fraction of sp³-hybridized carbons (Fsp3) is 0.0909. The maximum Gasteiger partial charge on any atom is 0.189 e. The smallest absolute Gasteiger partial charge is 0.189 e. The maximum atomic E-state index is 6.88. The monoisotopic (exact) mass is 184 g/mol. The van der Waals surface area contributed by atoms with E-state index in [1.165, 1.54) is 0 Å². The third-order valence-corrected chi connectivity index (χ3v) is 2.04. The Kier molecular flexibility index (Phi) is 2.04. The van der Waals surface area contributed by atoms with Crippen molar-refractivity contribution >= 4 is 16.6 Å². The highest BCUT2D eigenvalue weighted by Crippen LogP contribution is 2.26. The van der Waals surface area contributed by atoms with E-state index in [1.54, 1.807) is 31.5 Å². The minimum absolute atomic E-state index is 0.596. The Hall–Kier alpha value is -2.08. The second kappa shape index (κ2) is 3.35. The molecule has 1 aromatic carbocycles. The molecule has 0 N–H and O–H groups in total. The number of aromatic nitrogens is 1. The molecule has 0 bridgehead atoms.